The predicted octanol–water partition coefficient (Wildman–Crippen LogP) is 4.97. The Labute approximate surface area is 193 Å². The molecular weight excluding hydrogens is 445 g/mol. The number of nitrogens with one attached hydrogen (secondary N) is 1. The number of carbonyl (C=O) groups is 1. The Balaban J connectivity index is 1.30. The fourth-order valence-electron chi connectivity index (χ4n) is 3.86. The van der Waals surface area contributed by atoms with Gasteiger partial charge in [-0.2, -0.15) is 0 Å². The zero-order chi connectivity index (χ0) is 21.9. The van der Waals surface area contributed by atoms with E-state index in [2.05, 4.69) is 21.3 Å². The number of rotatable bonds is 6. The molecule has 32 heavy (non-hydrogen) atoms. The molecule has 1 amide bonds. The second-order valence-corrected chi connectivity index (χ2v) is 9.69. The summed E-state index contributed by atoms with van der Waals surface area (Å²) in [5.41, 5.74) is 1.95. The van der Waals surface area contributed by atoms with Crippen LogP contribution in [0, 0.1) is 5.82 Å². The molecule has 1 N–H and O–H groups in total. The van der Waals surface area contributed by atoms with E-state index in [9.17, 15) is 9.18 Å². The van der Waals surface area contributed by atoms with E-state index in [4.69, 9.17) is 4.74 Å². The lowest BCUT2D eigenvalue weighted by molar-refractivity contribution is 0.0162. The first kappa shape index (κ1) is 21.2. The molecule has 1 aliphatic rings. The molecule has 1 atom stereocenters. The fourth-order valence-corrected chi connectivity index (χ4v) is 5.80. The number of hydrogen-bond acceptors (Lipinski definition) is 6. The van der Waals surface area contributed by atoms with Crippen molar-refractivity contribution in [2.75, 3.05) is 32.8 Å². The summed E-state index contributed by atoms with van der Waals surface area (Å²) < 4.78 is 20.0. The molecule has 0 spiro atoms. The van der Waals surface area contributed by atoms with Gasteiger partial charge in [0, 0.05) is 19.6 Å². The van der Waals surface area contributed by atoms with Crippen LogP contribution < -0.4 is 5.32 Å². The molecule has 5 nitrogen and oxygen atoms in total. The van der Waals surface area contributed by atoms with Crippen LogP contribution in [0.25, 0.3) is 20.1 Å². The van der Waals surface area contributed by atoms with Crippen molar-refractivity contribution in [3.05, 3.63) is 76.9 Å². The van der Waals surface area contributed by atoms with E-state index in [0.717, 1.165) is 38.8 Å². The van der Waals surface area contributed by atoms with Gasteiger partial charge in [0.25, 0.3) is 5.91 Å². The molecule has 0 saturated carbocycles. The van der Waals surface area contributed by atoms with Crippen molar-refractivity contribution in [3.8, 4) is 9.88 Å². The van der Waals surface area contributed by atoms with Gasteiger partial charge in [-0.15, -0.1) is 22.7 Å². The Morgan fingerprint density at radius 2 is 1.84 bits per heavy atom. The average Bonchev–Trinajstić information content (AvgIpc) is 3.48. The van der Waals surface area contributed by atoms with Crippen LogP contribution in [0.4, 0.5) is 4.39 Å². The lowest BCUT2D eigenvalue weighted by Gasteiger charge is -2.34. The highest BCUT2D eigenvalue weighted by molar-refractivity contribution is 7.26. The van der Waals surface area contributed by atoms with Crippen molar-refractivity contribution in [2.24, 2.45) is 0 Å². The summed E-state index contributed by atoms with van der Waals surface area (Å²) in [6.45, 7) is 3.31. The molecule has 3 heterocycles. The molecular formula is C24H22FN3O2S2. The van der Waals surface area contributed by atoms with E-state index in [-0.39, 0.29) is 17.8 Å². The summed E-state index contributed by atoms with van der Waals surface area (Å²) in [5.74, 6) is -0.373. The molecule has 1 saturated heterocycles. The minimum atomic E-state index is -0.264. The van der Waals surface area contributed by atoms with Crippen LogP contribution in [-0.4, -0.2) is 48.6 Å². The minimum Gasteiger partial charge on any atom is -0.379 e. The highest BCUT2D eigenvalue weighted by Gasteiger charge is 2.24. The summed E-state index contributed by atoms with van der Waals surface area (Å²) in [6.07, 6.45) is 0. The molecule has 8 heteroatoms. The van der Waals surface area contributed by atoms with E-state index in [1.54, 1.807) is 23.5 Å². The van der Waals surface area contributed by atoms with Crippen LogP contribution in [0.5, 0.6) is 0 Å². The van der Waals surface area contributed by atoms with E-state index < -0.39 is 0 Å². The number of fused-ring (bicyclic) bond motifs is 1. The van der Waals surface area contributed by atoms with Gasteiger partial charge in [0.1, 0.15) is 10.8 Å². The van der Waals surface area contributed by atoms with Crippen molar-refractivity contribution in [3.63, 3.8) is 0 Å². The Morgan fingerprint density at radius 3 is 2.62 bits per heavy atom. The molecule has 1 aliphatic heterocycles. The third kappa shape index (κ3) is 4.59. The Hall–Kier alpha value is -2.65. The molecule has 2 aromatic heterocycles. The highest BCUT2D eigenvalue weighted by atomic mass is 32.1. The standard InChI is InChI=1S/C24H22FN3O2S2/c25-17-7-5-16(6-8-17)19(28-11-13-30-14-12-28)15-26-23(29)21-9-10-22(31-21)24-27-18-3-1-2-4-20(18)32-24/h1-10,19H,11-15H2,(H,26,29)/t19-/m0/s1. The fraction of sp³-hybridized carbons (Fsp3) is 0.250. The number of para-hydroxylation sites is 1. The number of carbonyl (C=O) groups excluding carboxylic acids is 1. The lowest BCUT2D eigenvalue weighted by Crippen LogP contribution is -2.43. The zero-order valence-corrected chi connectivity index (χ0v) is 18.9. The number of benzene rings is 2. The van der Waals surface area contributed by atoms with Crippen LogP contribution in [0.3, 0.4) is 0 Å². The van der Waals surface area contributed by atoms with Gasteiger partial charge in [0.15, 0.2) is 0 Å². The van der Waals surface area contributed by atoms with Crippen LogP contribution in [0.15, 0.2) is 60.7 Å². The average molecular weight is 468 g/mol. The predicted molar refractivity (Wildman–Crippen MR) is 127 cm³/mol. The van der Waals surface area contributed by atoms with Gasteiger partial charge in [-0.3, -0.25) is 9.69 Å². The number of nitrogens with zero attached hydrogens (tertiary/aromatic N) is 2. The van der Waals surface area contributed by atoms with E-state index in [1.165, 1.54) is 23.5 Å². The van der Waals surface area contributed by atoms with Crippen LogP contribution in [-0.2, 0) is 4.74 Å². The number of thiazole rings is 1. The molecule has 164 valence electrons. The molecule has 2 aromatic carbocycles. The van der Waals surface area contributed by atoms with Crippen molar-refractivity contribution < 1.29 is 13.9 Å². The normalized spacial score (nSPS) is 15.7. The topological polar surface area (TPSA) is 54.5 Å². The van der Waals surface area contributed by atoms with Gasteiger partial charge in [-0.05, 0) is 42.0 Å². The monoisotopic (exact) mass is 467 g/mol. The smallest absolute Gasteiger partial charge is 0.261 e. The quantitative estimate of drug-likeness (QED) is 0.435. The summed E-state index contributed by atoms with van der Waals surface area (Å²) in [7, 11) is 0. The molecule has 0 bridgehead atoms. The number of amides is 1. The molecule has 5 rings (SSSR count). The SMILES string of the molecule is O=C(NC[C@@H](c1ccc(F)cc1)N1CCOCC1)c1ccc(-c2nc3ccccc3s2)s1. The first-order valence-corrected chi connectivity index (χ1v) is 12.1. The number of halogens is 1. The first-order valence-electron chi connectivity index (χ1n) is 10.5. The van der Waals surface area contributed by atoms with Crippen molar-refractivity contribution in [1.82, 2.24) is 15.2 Å². The molecule has 1 fully saturated rings. The maximum absolute atomic E-state index is 13.4. The second kappa shape index (κ2) is 9.46. The van der Waals surface area contributed by atoms with Crippen LogP contribution in [0.1, 0.15) is 21.3 Å². The Bertz CT molecular complexity index is 1180. The third-order valence-corrected chi connectivity index (χ3v) is 7.82. The van der Waals surface area contributed by atoms with Crippen LogP contribution in [0.2, 0.25) is 0 Å². The number of thiophene rings is 1. The summed E-state index contributed by atoms with van der Waals surface area (Å²) >= 11 is 3.08. The van der Waals surface area contributed by atoms with E-state index in [1.807, 2.05) is 30.3 Å². The highest BCUT2D eigenvalue weighted by Crippen LogP contribution is 2.34. The lowest BCUT2D eigenvalue weighted by atomic mass is 10.0. The largest absolute Gasteiger partial charge is 0.379 e. The minimum absolute atomic E-state index is 0.0351. The Kier molecular flexibility index (Phi) is 6.27. The van der Waals surface area contributed by atoms with Gasteiger partial charge in [0.2, 0.25) is 0 Å². The van der Waals surface area contributed by atoms with Crippen molar-refractivity contribution in [1.29, 1.82) is 0 Å². The van der Waals surface area contributed by atoms with Gasteiger partial charge >= 0.3 is 0 Å². The van der Waals surface area contributed by atoms with E-state index >= 15 is 0 Å². The van der Waals surface area contributed by atoms with Gasteiger partial charge in [0.05, 0.1) is 39.2 Å². The van der Waals surface area contributed by atoms with E-state index in [0.29, 0.717) is 24.6 Å². The van der Waals surface area contributed by atoms with Crippen molar-refractivity contribution >= 4 is 38.8 Å². The number of ether oxygens (including phenoxy) is 1. The second-order valence-electron chi connectivity index (χ2n) is 7.58. The summed E-state index contributed by atoms with van der Waals surface area (Å²) in [6, 6.07) is 18.3. The zero-order valence-electron chi connectivity index (χ0n) is 17.3. The van der Waals surface area contributed by atoms with Gasteiger partial charge in [-0.25, -0.2) is 9.37 Å². The van der Waals surface area contributed by atoms with Crippen LogP contribution >= 0.6 is 22.7 Å². The summed E-state index contributed by atoms with van der Waals surface area (Å²) in [5, 5.41) is 4.00. The van der Waals surface area contributed by atoms with Gasteiger partial charge in [-0.1, -0.05) is 24.3 Å². The molecule has 0 aliphatic carbocycles. The number of hydrogen-bond donors (Lipinski definition) is 1. The molecule has 0 radical (unpaired) electrons. The number of morpholine rings is 1. The third-order valence-electron chi connectivity index (χ3n) is 5.53. The van der Waals surface area contributed by atoms with Crippen molar-refractivity contribution in [2.45, 2.75) is 6.04 Å². The van der Waals surface area contributed by atoms with Gasteiger partial charge < -0.3 is 10.1 Å². The maximum atomic E-state index is 13.4. The summed E-state index contributed by atoms with van der Waals surface area (Å²) in [4.78, 5) is 21.5. The molecule has 4 aromatic rings. The Morgan fingerprint density at radius 1 is 1.06 bits per heavy atom. The first-order chi connectivity index (χ1) is 15.7. The molecule has 0 unspecified atom stereocenters. The number of aromatic nitrogens is 1. The maximum Gasteiger partial charge on any atom is 0.261 e.